The van der Waals surface area contributed by atoms with Crippen molar-refractivity contribution in [3.8, 4) is 0 Å². The number of methoxy groups -OCH3 is 1. The van der Waals surface area contributed by atoms with Crippen LogP contribution in [0.1, 0.15) is 52.9 Å². The second-order valence-electron chi connectivity index (χ2n) is 8.65. The molecule has 0 unspecified atom stereocenters. The molecule has 3 rings (SSSR count). The molecule has 1 aliphatic heterocycles. The quantitative estimate of drug-likeness (QED) is 0.163. The SMILES string of the molecule is COC(=O)C1=CC[C@@]23CC[C@@H]([C@@](C)(/C=C/C=C(\C)C(=O)[O-])OC2=O)[C@@]3(OC(C)=O)CC1.[Na+]. The minimum absolute atomic E-state index is 0. The van der Waals surface area contributed by atoms with Crippen molar-refractivity contribution in [1.29, 1.82) is 0 Å². The number of carboxylic acids is 1. The predicted octanol–water partition coefficient (Wildman–Crippen LogP) is -1.46. The molecule has 1 saturated carbocycles. The van der Waals surface area contributed by atoms with Crippen molar-refractivity contribution < 1.29 is 68.1 Å². The van der Waals surface area contributed by atoms with Crippen molar-refractivity contribution in [3.63, 3.8) is 0 Å². The monoisotopic (exact) mass is 454 g/mol. The molecule has 3 aliphatic rings. The van der Waals surface area contributed by atoms with E-state index in [2.05, 4.69) is 0 Å². The summed E-state index contributed by atoms with van der Waals surface area (Å²) in [5.41, 5.74) is -2.87. The number of rotatable bonds is 5. The first-order valence-electron chi connectivity index (χ1n) is 10.3. The Morgan fingerprint density at radius 2 is 1.94 bits per heavy atom. The number of hydrogen-bond acceptors (Lipinski definition) is 8. The maximum absolute atomic E-state index is 13.4. The molecule has 168 valence electrons. The summed E-state index contributed by atoms with van der Waals surface area (Å²) in [4.78, 5) is 48.7. The van der Waals surface area contributed by atoms with E-state index < -0.39 is 40.5 Å². The average molecular weight is 454 g/mol. The van der Waals surface area contributed by atoms with Crippen LogP contribution in [-0.2, 0) is 33.4 Å². The van der Waals surface area contributed by atoms with Gasteiger partial charge >= 0.3 is 47.5 Å². The van der Waals surface area contributed by atoms with Gasteiger partial charge in [0.25, 0.3) is 0 Å². The zero-order chi connectivity index (χ0) is 23.0. The van der Waals surface area contributed by atoms with Crippen molar-refractivity contribution in [2.24, 2.45) is 11.3 Å². The van der Waals surface area contributed by atoms with Crippen LogP contribution in [0.5, 0.6) is 0 Å². The number of esters is 3. The number of aliphatic carboxylic acids is 1. The third-order valence-electron chi connectivity index (χ3n) is 6.96. The predicted molar refractivity (Wildman–Crippen MR) is 106 cm³/mol. The summed E-state index contributed by atoms with van der Waals surface area (Å²) in [5, 5.41) is 10.9. The third-order valence-corrected chi connectivity index (χ3v) is 6.96. The van der Waals surface area contributed by atoms with Gasteiger partial charge in [-0.15, -0.1) is 0 Å². The summed E-state index contributed by atoms with van der Waals surface area (Å²) in [7, 11) is 1.30. The molecule has 0 aromatic rings. The van der Waals surface area contributed by atoms with E-state index in [1.54, 1.807) is 19.1 Å². The number of hydrogen-bond donors (Lipinski definition) is 0. The maximum Gasteiger partial charge on any atom is 1.00 e. The maximum atomic E-state index is 13.4. The molecule has 8 nitrogen and oxygen atoms in total. The summed E-state index contributed by atoms with van der Waals surface area (Å²) >= 11 is 0. The van der Waals surface area contributed by atoms with Gasteiger partial charge in [-0.05, 0) is 57.6 Å². The summed E-state index contributed by atoms with van der Waals surface area (Å²) < 4.78 is 16.7. The topological polar surface area (TPSA) is 119 Å². The van der Waals surface area contributed by atoms with Crippen LogP contribution >= 0.6 is 0 Å². The van der Waals surface area contributed by atoms with E-state index in [-0.39, 0.29) is 53.9 Å². The van der Waals surface area contributed by atoms with E-state index >= 15 is 0 Å². The van der Waals surface area contributed by atoms with Gasteiger partial charge in [-0.1, -0.05) is 18.2 Å². The second kappa shape index (κ2) is 9.53. The molecule has 4 atom stereocenters. The zero-order valence-corrected chi connectivity index (χ0v) is 21.2. The van der Waals surface area contributed by atoms with E-state index in [9.17, 15) is 24.3 Å². The minimum Gasteiger partial charge on any atom is -0.545 e. The van der Waals surface area contributed by atoms with Crippen LogP contribution < -0.4 is 34.7 Å². The largest absolute Gasteiger partial charge is 1.00 e. The van der Waals surface area contributed by atoms with E-state index in [4.69, 9.17) is 14.2 Å². The second-order valence-corrected chi connectivity index (χ2v) is 8.65. The average Bonchev–Trinajstić information content (AvgIpc) is 2.84. The van der Waals surface area contributed by atoms with Gasteiger partial charge in [0.05, 0.1) is 13.1 Å². The molecule has 0 amide bonds. The van der Waals surface area contributed by atoms with Gasteiger partial charge in [0.1, 0.15) is 16.6 Å². The van der Waals surface area contributed by atoms with Crippen molar-refractivity contribution in [2.75, 3.05) is 7.11 Å². The molecule has 1 heterocycles. The van der Waals surface area contributed by atoms with Crippen LogP contribution in [0, 0.1) is 11.3 Å². The standard InChI is InChI=1S/C23H28O8.Na/c1-14(18(25)26)6-5-10-21(3)17-9-12-22(20(28)31-21)11-7-16(19(27)29-4)8-13-23(17,22)30-15(2)24;/h5-7,10,17H,8-9,11-13H2,1-4H3,(H,25,26);/q;+1/p-1/b10-5+,14-6+;/t17-,21+,22+,23-;/m0./s1. The number of carbonyl (C=O) groups excluding carboxylic acids is 4. The van der Waals surface area contributed by atoms with Gasteiger partial charge in [0, 0.05) is 18.4 Å². The summed E-state index contributed by atoms with van der Waals surface area (Å²) in [6.45, 7) is 4.44. The smallest absolute Gasteiger partial charge is 0.545 e. The molecular weight excluding hydrogens is 427 g/mol. The number of ether oxygens (including phenoxy) is 3. The third kappa shape index (κ3) is 4.20. The van der Waals surface area contributed by atoms with Crippen LogP contribution in [0.2, 0.25) is 0 Å². The van der Waals surface area contributed by atoms with E-state index in [0.29, 0.717) is 24.8 Å². The van der Waals surface area contributed by atoms with Gasteiger partial charge in [-0.3, -0.25) is 9.59 Å². The Bertz CT molecular complexity index is 919. The Balaban J connectivity index is 0.00000363. The van der Waals surface area contributed by atoms with Crippen LogP contribution in [-0.4, -0.2) is 42.2 Å². The summed E-state index contributed by atoms with van der Waals surface area (Å²) in [6.07, 6.45) is 8.03. The first kappa shape index (κ1) is 26.4. The Morgan fingerprint density at radius 3 is 2.53 bits per heavy atom. The number of carbonyl (C=O) groups is 4. The van der Waals surface area contributed by atoms with Crippen LogP contribution in [0.3, 0.4) is 0 Å². The van der Waals surface area contributed by atoms with Crippen LogP contribution in [0.25, 0.3) is 0 Å². The number of allylic oxidation sites excluding steroid dienone is 3. The Kier molecular flexibility index (Phi) is 7.85. The molecule has 0 radical (unpaired) electrons. The Hall–Kier alpha value is -1.90. The van der Waals surface area contributed by atoms with Crippen LogP contribution in [0.15, 0.2) is 35.5 Å². The zero-order valence-electron chi connectivity index (χ0n) is 19.2. The minimum atomic E-state index is -1.29. The molecule has 2 bridgehead atoms. The van der Waals surface area contributed by atoms with Gasteiger partial charge in [-0.2, -0.15) is 0 Å². The molecule has 0 aromatic carbocycles. The summed E-state index contributed by atoms with van der Waals surface area (Å²) in [6, 6.07) is 0. The Labute approximate surface area is 209 Å². The van der Waals surface area contributed by atoms with E-state index in [1.165, 1.54) is 33.1 Å². The van der Waals surface area contributed by atoms with Gasteiger partial charge in [-0.25, -0.2) is 4.79 Å². The van der Waals surface area contributed by atoms with Gasteiger partial charge in [0.15, 0.2) is 0 Å². The fraction of sp³-hybridized carbons (Fsp3) is 0.565. The summed E-state index contributed by atoms with van der Waals surface area (Å²) in [5.74, 6) is -3.12. The van der Waals surface area contributed by atoms with E-state index in [1.807, 2.05) is 0 Å². The fourth-order valence-electron chi connectivity index (χ4n) is 5.45. The number of carboxylic acid groups (broad SMARTS) is 1. The first-order valence-corrected chi connectivity index (χ1v) is 10.3. The van der Waals surface area contributed by atoms with Crippen molar-refractivity contribution in [1.82, 2.24) is 0 Å². The number of cyclic esters (lactones) is 1. The molecule has 9 heteroatoms. The van der Waals surface area contributed by atoms with Crippen molar-refractivity contribution in [3.05, 3.63) is 35.5 Å². The first-order chi connectivity index (χ1) is 14.5. The van der Waals surface area contributed by atoms with Crippen molar-refractivity contribution >= 4 is 23.9 Å². The molecule has 1 saturated heterocycles. The normalized spacial score (nSPS) is 33.9. The van der Waals surface area contributed by atoms with Crippen molar-refractivity contribution in [2.45, 2.75) is 64.1 Å². The van der Waals surface area contributed by atoms with Gasteiger partial charge in [0.2, 0.25) is 0 Å². The Morgan fingerprint density at radius 1 is 1.25 bits per heavy atom. The molecule has 0 spiro atoms. The molecular formula is C23H27NaO8. The van der Waals surface area contributed by atoms with Crippen LogP contribution in [0.4, 0.5) is 0 Å². The van der Waals surface area contributed by atoms with E-state index in [0.717, 1.165) is 0 Å². The molecule has 2 aliphatic carbocycles. The molecule has 32 heavy (non-hydrogen) atoms. The van der Waals surface area contributed by atoms with Gasteiger partial charge < -0.3 is 24.1 Å². The molecule has 0 aromatic heterocycles. The molecule has 2 fully saturated rings. The fourth-order valence-corrected chi connectivity index (χ4v) is 5.45. The molecule has 0 N–H and O–H groups in total.